The number of aromatic nitrogens is 3. The van der Waals surface area contributed by atoms with E-state index >= 15 is 0 Å². The van der Waals surface area contributed by atoms with Crippen molar-refractivity contribution in [3.8, 4) is 0 Å². The van der Waals surface area contributed by atoms with Crippen LogP contribution < -0.4 is 10.6 Å². The van der Waals surface area contributed by atoms with E-state index in [9.17, 15) is 4.79 Å². The monoisotopic (exact) mass is 459 g/mol. The Morgan fingerprint density at radius 3 is 2.52 bits per heavy atom. The first-order valence-corrected chi connectivity index (χ1v) is 10.6. The summed E-state index contributed by atoms with van der Waals surface area (Å²) in [7, 11) is 0. The first-order chi connectivity index (χ1) is 14.5. The first-order valence-electron chi connectivity index (χ1n) is 9.84. The molecule has 0 spiro atoms. The Balaban J connectivity index is 1.79. The molecule has 0 saturated carbocycles. The molecule has 31 heavy (non-hydrogen) atoms. The van der Waals surface area contributed by atoms with Gasteiger partial charge in [-0.1, -0.05) is 44.0 Å². The topological polar surface area (TPSA) is 95.8 Å². The highest BCUT2D eigenvalue weighted by Crippen LogP contribution is 2.34. The summed E-state index contributed by atoms with van der Waals surface area (Å²) in [6, 6.07) is 3.58. The van der Waals surface area contributed by atoms with E-state index < -0.39 is 0 Å². The molecule has 1 aromatic carbocycles. The van der Waals surface area contributed by atoms with E-state index in [1.54, 1.807) is 6.07 Å². The molecule has 162 valence electrons. The number of H-pyrrole nitrogens is 1. The van der Waals surface area contributed by atoms with Crippen LogP contribution in [0.4, 0.5) is 11.6 Å². The molecule has 0 fully saturated rings. The number of amides is 1. The maximum atomic E-state index is 13.1. The normalized spacial score (nSPS) is 13.0. The van der Waals surface area contributed by atoms with Crippen LogP contribution in [0.5, 0.6) is 0 Å². The molecule has 4 rings (SSSR count). The predicted octanol–water partition coefficient (Wildman–Crippen LogP) is 6.23. The number of hydrogen-bond acceptors (Lipinski definition) is 5. The SMILES string of the molecule is Cc1cc2c(o1)c(C(=O)NC(C)C(C)(C)C)cc1nc(Nc3c(Cl)cncc3Cl)[nH]c12. The van der Waals surface area contributed by atoms with Crippen molar-refractivity contribution in [1.82, 2.24) is 20.3 Å². The Hall–Kier alpha value is -2.77. The van der Waals surface area contributed by atoms with Gasteiger partial charge in [0.25, 0.3) is 5.91 Å². The van der Waals surface area contributed by atoms with Crippen molar-refractivity contribution in [2.24, 2.45) is 5.41 Å². The van der Waals surface area contributed by atoms with Gasteiger partial charge in [0, 0.05) is 23.8 Å². The molecule has 1 unspecified atom stereocenters. The molecule has 3 N–H and O–H groups in total. The van der Waals surface area contributed by atoms with E-state index in [2.05, 4.69) is 46.4 Å². The van der Waals surface area contributed by atoms with E-state index in [-0.39, 0.29) is 17.4 Å². The van der Waals surface area contributed by atoms with Crippen LogP contribution in [0.15, 0.2) is 28.9 Å². The number of benzene rings is 1. The van der Waals surface area contributed by atoms with Crippen LogP contribution in [-0.4, -0.2) is 26.9 Å². The second-order valence-electron chi connectivity index (χ2n) is 8.67. The van der Waals surface area contributed by atoms with Crippen LogP contribution in [0.2, 0.25) is 10.0 Å². The molecule has 0 bridgehead atoms. The van der Waals surface area contributed by atoms with Gasteiger partial charge in [0.15, 0.2) is 0 Å². The highest BCUT2D eigenvalue weighted by molar-refractivity contribution is 6.39. The molecule has 7 nitrogen and oxygen atoms in total. The van der Waals surface area contributed by atoms with Gasteiger partial charge >= 0.3 is 0 Å². The third-order valence-corrected chi connectivity index (χ3v) is 5.94. The van der Waals surface area contributed by atoms with Gasteiger partial charge in [-0.25, -0.2) is 4.98 Å². The fourth-order valence-electron chi connectivity index (χ4n) is 3.17. The summed E-state index contributed by atoms with van der Waals surface area (Å²) in [5, 5.41) is 7.68. The van der Waals surface area contributed by atoms with Crippen molar-refractivity contribution >= 4 is 62.7 Å². The van der Waals surface area contributed by atoms with Crippen LogP contribution in [0.1, 0.15) is 43.8 Å². The van der Waals surface area contributed by atoms with Crippen molar-refractivity contribution in [1.29, 1.82) is 0 Å². The minimum absolute atomic E-state index is 0.0332. The van der Waals surface area contributed by atoms with Gasteiger partial charge in [0.1, 0.15) is 11.3 Å². The average Bonchev–Trinajstić information content (AvgIpc) is 3.25. The van der Waals surface area contributed by atoms with Crippen molar-refractivity contribution in [3.05, 3.63) is 45.9 Å². The Bertz CT molecular complexity index is 1280. The summed E-state index contributed by atoms with van der Waals surface area (Å²) in [5.41, 5.74) is 2.73. The fourth-order valence-corrected chi connectivity index (χ4v) is 3.63. The van der Waals surface area contributed by atoms with E-state index in [4.69, 9.17) is 27.6 Å². The van der Waals surface area contributed by atoms with Gasteiger partial charge in [-0.15, -0.1) is 0 Å². The molecular formula is C22H23Cl2N5O2. The zero-order valence-corrected chi connectivity index (χ0v) is 19.4. The summed E-state index contributed by atoms with van der Waals surface area (Å²) in [4.78, 5) is 24.9. The van der Waals surface area contributed by atoms with Crippen LogP contribution >= 0.6 is 23.2 Å². The number of aromatic amines is 1. The second-order valence-corrected chi connectivity index (χ2v) is 9.48. The standard InChI is InChI=1S/C22H23Cl2N5O2/c1-10-6-12-17-16(27-21(28-17)29-18-14(23)8-25-9-15(18)24)7-13(19(12)31-10)20(30)26-11(2)22(3,4)5/h6-9,11H,1-5H3,(H,26,30)(H2,25,27,28,29). The number of carbonyl (C=O) groups excluding carboxylic acids is 1. The van der Waals surface area contributed by atoms with Crippen molar-refractivity contribution in [2.45, 2.75) is 40.7 Å². The fraction of sp³-hybridized carbons (Fsp3) is 0.318. The van der Waals surface area contributed by atoms with Crippen molar-refractivity contribution in [3.63, 3.8) is 0 Å². The quantitative estimate of drug-likeness (QED) is 0.336. The summed E-state index contributed by atoms with van der Waals surface area (Å²) in [5.74, 6) is 0.928. The molecule has 9 heteroatoms. The molecule has 1 atom stereocenters. The van der Waals surface area contributed by atoms with Gasteiger partial charge in [-0.2, -0.15) is 0 Å². The lowest BCUT2D eigenvalue weighted by atomic mass is 9.88. The average molecular weight is 460 g/mol. The van der Waals surface area contributed by atoms with E-state index in [0.717, 1.165) is 10.9 Å². The van der Waals surface area contributed by atoms with E-state index in [1.165, 1.54) is 12.4 Å². The maximum absolute atomic E-state index is 13.1. The molecule has 0 aliphatic rings. The molecule has 0 saturated heterocycles. The molecule has 3 heterocycles. The number of anilines is 2. The smallest absolute Gasteiger partial charge is 0.255 e. The zero-order chi connectivity index (χ0) is 22.5. The first kappa shape index (κ1) is 21.5. The number of nitrogens with one attached hydrogen (secondary N) is 3. The maximum Gasteiger partial charge on any atom is 0.255 e. The number of rotatable bonds is 4. The summed E-state index contributed by atoms with van der Waals surface area (Å²) in [6.45, 7) is 10.1. The zero-order valence-electron chi connectivity index (χ0n) is 17.9. The molecule has 0 aliphatic heterocycles. The number of halogens is 2. The van der Waals surface area contributed by atoms with Gasteiger partial charge in [-0.3, -0.25) is 9.78 Å². The third-order valence-electron chi connectivity index (χ3n) is 5.37. The number of pyridine rings is 1. The van der Waals surface area contributed by atoms with Gasteiger partial charge in [0.2, 0.25) is 5.95 Å². The highest BCUT2D eigenvalue weighted by Gasteiger charge is 2.25. The summed E-state index contributed by atoms with van der Waals surface area (Å²) in [6.07, 6.45) is 2.99. The van der Waals surface area contributed by atoms with Crippen molar-refractivity contribution in [2.75, 3.05) is 5.32 Å². The Labute approximate surface area is 189 Å². The molecule has 1 amide bonds. The van der Waals surface area contributed by atoms with Gasteiger partial charge in [0.05, 0.1) is 32.3 Å². The van der Waals surface area contributed by atoms with Gasteiger partial charge in [-0.05, 0) is 31.4 Å². The Kier molecular flexibility index (Phi) is 5.35. The number of furan rings is 1. The van der Waals surface area contributed by atoms with Crippen LogP contribution in [0, 0.1) is 12.3 Å². The third kappa shape index (κ3) is 4.07. The number of nitrogens with zero attached hydrogens (tertiary/aromatic N) is 2. The predicted molar refractivity (Wildman–Crippen MR) is 125 cm³/mol. The Morgan fingerprint density at radius 2 is 1.87 bits per heavy atom. The lowest BCUT2D eigenvalue weighted by molar-refractivity contribution is 0.0911. The highest BCUT2D eigenvalue weighted by atomic mass is 35.5. The largest absolute Gasteiger partial charge is 0.460 e. The second kappa shape index (κ2) is 7.73. The summed E-state index contributed by atoms with van der Waals surface area (Å²) >= 11 is 12.4. The van der Waals surface area contributed by atoms with Crippen LogP contribution in [0.3, 0.4) is 0 Å². The number of fused-ring (bicyclic) bond motifs is 3. The van der Waals surface area contributed by atoms with E-state index in [0.29, 0.717) is 44.1 Å². The lowest BCUT2D eigenvalue weighted by Gasteiger charge is -2.28. The summed E-state index contributed by atoms with van der Waals surface area (Å²) < 4.78 is 5.88. The van der Waals surface area contributed by atoms with Crippen LogP contribution in [-0.2, 0) is 0 Å². The number of carbonyl (C=O) groups is 1. The molecule has 3 aromatic heterocycles. The molecule has 0 radical (unpaired) electrons. The van der Waals surface area contributed by atoms with E-state index in [1.807, 2.05) is 19.9 Å². The van der Waals surface area contributed by atoms with Gasteiger partial charge < -0.3 is 20.0 Å². The number of hydrogen-bond donors (Lipinski definition) is 3. The van der Waals surface area contributed by atoms with Crippen LogP contribution in [0.25, 0.3) is 22.0 Å². The number of aryl methyl sites for hydroxylation is 1. The number of imidazole rings is 1. The van der Waals surface area contributed by atoms with Crippen molar-refractivity contribution < 1.29 is 9.21 Å². The minimum Gasteiger partial charge on any atom is -0.460 e. The molecular weight excluding hydrogens is 437 g/mol. The lowest BCUT2D eigenvalue weighted by Crippen LogP contribution is -2.41. The molecule has 0 aliphatic carbocycles. The minimum atomic E-state index is -0.207. The molecule has 4 aromatic rings. The Morgan fingerprint density at radius 1 is 1.19 bits per heavy atom.